The first kappa shape index (κ1) is 17.1. The molecule has 2 aromatic rings. The molecule has 1 aliphatic carbocycles. The summed E-state index contributed by atoms with van der Waals surface area (Å²) < 4.78 is 1.96. The van der Waals surface area contributed by atoms with E-state index in [1.54, 1.807) is 12.1 Å². The summed E-state index contributed by atoms with van der Waals surface area (Å²) in [7, 11) is 8.07. The Kier molecular flexibility index (Phi) is 4.58. The van der Waals surface area contributed by atoms with Crippen LogP contribution >= 0.6 is 0 Å². The first-order valence-electron chi connectivity index (χ1n) is 8.32. The van der Waals surface area contributed by atoms with Crippen molar-refractivity contribution in [3.8, 4) is 0 Å². The minimum absolute atomic E-state index is 0.173. The number of nitrogens with zero attached hydrogens (tertiary/aromatic N) is 1. The van der Waals surface area contributed by atoms with Crippen LogP contribution in [-0.2, 0) is 11.8 Å². The molecule has 0 aliphatic heterocycles. The van der Waals surface area contributed by atoms with Crippen LogP contribution in [0.3, 0.4) is 0 Å². The van der Waals surface area contributed by atoms with Crippen LogP contribution in [-0.4, -0.2) is 23.5 Å². The smallest absolute Gasteiger partial charge is 0.337 e. The molecule has 1 heterocycles. The second kappa shape index (κ2) is 6.67. The number of allylic oxidation sites excluding steroid dienone is 3. The number of hydrogen-bond donors (Lipinski definition) is 2. The first-order valence-corrected chi connectivity index (χ1v) is 8.32. The van der Waals surface area contributed by atoms with Crippen molar-refractivity contribution in [2.24, 2.45) is 13.0 Å². The van der Waals surface area contributed by atoms with Crippen LogP contribution in [0.15, 0.2) is 60.0 Å². The van der Waals surface area contributed by atoms with Crippen molar-refractivity contribution in [3.63, 3.8) is 0 Å². The zero-order valence-corrected chi connectivity index (χ0v) is 14.5. The lowest BCUT2D eigenvalue weighted by Gasteiger charge is -2.13. The zero-order valence-electron chi connectivity index (χ0n) is 14.5. The third-order valence-corrected chi connectivity index (χ3v) is 4.54. The Hall–Kier alpha value is -2.69. The minimum atomic E-state index is -0.994. The normalized spacial score (nSPS) is 15.4. The Balaban J connectivity index is 1.89. The maximum atomic E-state index is 11.7. The lowest BCUT2D eigenvalue weighted by atomic mass is 9.93. The number of aryl methyl sites for hydroxylation is 1. The van der Waals surface area contributed by atoms with E-state index in [4.69, 9.17) is 7.85 Å². The third kappa shape index (κ3) is 3.55. The molecule has 4 nitrogen and oxygen atoms in total. The van der Waals surface area contributed by atoms with Crippen LogP contribution in [0.1, 0.15) is 19.8 Å². The van der Waals surface area contributed by atoms with E-state index < -0.39 is 5.97 Å². The molecule has 1 aliphatic rings. The Morgan fingerprint density at radius 1 is 1.44 bits per heavy atom. The van der Waals surface area contributed by atoms with Gasteiger partial charge in [-0.05, 0) is 55.5 Å². The standard InChI is InChI=1S/C20H21BN2O2/c1-4-13(14-5-6-14)10-17(20(24)25)12(2)22-16-9-15-7-8-23(3)19(15)18(21)11-16/h4,7-11,14,22H,2,5-6H2,1,3H3,(H,24,25)/b13-4+,17-10+. The van der Waals surface area contributed by atoms with Gasteiger partial charge in [-0.1, -0.05) is 18.1 Å². The van der Waals surface area contributed by atoms with Crippen LogP contribution in [0, 0.1) is 5.92 Å². The summed E-state index contributed by atoms with van der Waals surface area (Å²) in [5, 5.41) is 13.7. The first-order chi connectivity index (χ1) is 11.9. The number of rotatable bonds is 6. The van der Waals surface area contributed by atoms with Gasteiger partial charge in [0.2, 0.25) is 0 Å². The number of carboxylic acid groups (broad SMARTS) is 1. The zero-order chi connectivity index (χ0) is 18.1. The number of fused-ring (bicyclic) bond motifs is 1. The van der Waals surface area contributed by atoms with Crippen molar-refractivity contribution in [1.82, 2.24) is 4.57 Å². The van der Waals surface area contributed by atoms with Crippen LogP contribution in [0.2, 0.25) is 0 Å². The van der Waals surface area contributed by atoms with Gasteiger partial charge in [0.1, 0.15) is 7.85 Å². The quantitative estimate of drug-likeness (QED) is 0.485. The predicted octanol–water partition coefficient (Wildman–Crippen LogP) is 3.27. The maximum absolute atomic E-state index is 11.7. The van der Waals surface area contributed by atoms with Crippen LogP contribution in [0.25, 0.3) is 10.9 Å². The summed E-state index contributed by atoms with van der Waals surface area (Å²) in [6.45, 7) is 5.85. The van der Waals surface area contributed by atoms with Crippen LogP contribution < -0.4 is 10.8 Å². The van der Waals surface area contributed by atoms with E-state index in [-0.39, 0.29) is 5.57 Å². The van der Waals surface area contributed by atoms with E-state index in [9.17, 15) is 9.90 Å². The van der Waals surface area contributed by atoms with Gasteiger partial charge in [-0.15, -0.1) is 0 Å². The van der Waals surface area contributed by atoms with Gasteiger partial charge in [0, 0.05) is 35.5 Å². The van der Waals surface area contributed by atoms with E-state index >= 15 is 0 Å². The number of nitrogens with one attached hydrogen (secondary N) is 1. The Bertz CT molecular complexity index is 917. The highest BCUT2D eigenvalue weighted by molar-refractivity contribution is 6.38. The van der Waals surface area contributed by atoms with Gasteiger partial charge in [-0.2, -0.15) is 0 Å². The summed E-state index contributed by atoms with van der Waals surface area (Å²) in [5.41, 5.74) is 3.89. The molecular formula is C20H21BN2O2. The topological polar surface area (TPSA) is 54.3 Å². The van der Waals surface area contributed by atoms with Gasteiger partial charge in [0.05, 0.1) is 5.57 Å². The average Bonchev–Trinajstić information content (AvgIpc) is 3.31. The average molecular weight is 332 g/mol. The molecule has 126 valence electrons. The van der Waals surface area contributed by atoms with E-state index in [1.807, 2.05) is 42.9 Å². The fourth-order valence-electron chi connectivity index (χ4n) is 3.09. The summed E-state index contributed by atoms with van der Waals surface area (Å²) in [6.07, 6.45) is 7.87. The van der Waals surface area contributed by atoms with Gasteiger partial charge in [0.15, 0.2) is 0 Å². The fourth-order valence-corrected chi connectivity index (χ4v) is 3.09. The number of benzene rings is 1. The van der Waals surface area contributed by atoms with E-state index in [0.717, 1.165) is 35.0 Å². The second-order valence-corrected chi connectivity index (χ2v) is 6.46. The Labute approximate surface area is 148 Å². The number of aromatic nitrogens is 1. The van der Waals surface area contributed by atoms with Gasteiger partial charge in [-0.3, -0.25) is 0 Å². The summed E-state index contributed by atoms with van der Waals surface area (Å²) in [6, 6.07) is 5.71. The van der Waals surface area contributed by atoms with Crippen molar-refractivity contribution in [1.29, 1.82) is 0 Å². The molecule has 1 aromatic carbocycles. The number of aliphatic carboxylic acids is 1. The van der Waals surface area contributed by atoms with E-state index in [0.29, 0.717) is 17.1 Å². The lowest BCUT2D eigenvalue weighted by Crippen LogP contribution is -2.13. The molecule has 0 unspecified atom stereocenters. The molecule has 1 fully saturated rings. The molecule has 25 heavy (non-hydrogen) atoms. The van der Waals surface area contributed by atoms with E-state index in [1.165, 1.54) is 0 Å². The summed E-state index contributed by atoms with van der Waals surface area (Å²) >= 11 is 0. The number of carbonyl (C=O) groups is 1. The molecular weight excluding hydrogens is 311 g/mol. The van der Waals surface area contributed by atoms with Gasteiger partial charge in [0.25, 0.3) is 0 Å². The minimum Gasteiger partial charge on any atom is -0.478 e. The fraction of sp³-hybridized carbons (Fsp3) is 0.250. The molecule has 0 saturated heterocycles. The largest absolute Gasteiger partial charge is 0.478 e. The molecule has 5 heteroatoms. The summed E-state index contributed by atoms with van der Waals surface area (Å²) in [5.74, 6) is -0.519. The molecule has 2 N–H and O–H groups in total. The molecule has 0 atom stereocenters. The summed E-state index contributed by atoms with van der Waals surface area (Å²) in [4.78, 5) is 11.7. The predicted molar refractivity (Wildman–Crippen MR) is 103 cm³/mol. The van der Waals surface area contributed by atoms with Gasteiger partial charge in [-0.25, -0.2) is 4.79 Å². The van der Waals surface area contributed by atoms with Crippen molar-refractivity contribution >= 4 is 35.9 Å². The van der Waals surface area contributed by atoms with Crippen molar-refractivity contribution in [2.75, 3.05) is 5.32 Å². The molecule has 1 saturated carbocycles. The van der Waals surface area contributed by atoms with Gasteiger partial charge < -0.3 is 15.0 Å². The molecule has 3 rings (SSSR count). The highest BCUT2D eigenvalue weighted by atomic mass is 16.4. The number of anilines is 1. The second-order valence-electron chi connectivity index (χ2n) is 6.46. The highest BCUT2D eigenvalue weighted by Crippen LogP contribution is 2.38. The molecule has 0 spiro atoms. The van der Waals surface area contributed by atoms with Crippen molar-refractivity contribution in [2.45, 2.75) is 19.8 Å². The molecule has 1 aromatic heterocycles. The van der Waals surface area contributed by atoms with Gasteiger partial charge >= 0.3 is 5.97 Å². The number of carboxylic acids is 1. The lowest BCUT2D eigenvalue weighted by molar-refractivity contribution is -0.132. The van der Waals surface area contributed by atoms with Crippen molar-refractivity contribution in [3.05, 3.63) is 60.0 Å². The maximum Gasteiger partial charge on any atom is 0.337 e. The van der Waals surface area contributed by atoms with E-state index in [2.05, 4.69) is 11.9 Å². The Morgan fingerprint density at radius 3 is 2.76 bits per heavy atom. The molecule has 2 radical (unpaired) electrons. The molecule has 0 bridgehead atoms. The van der Waals surface area contributed by atoms with Crippen LogP contribution in [0.5, 0.6) is 0 Å². The van der Waals surface area contributed by atoms with Crippen molar-refractivity contribution < 1.29 is 9.90 Å². The Morgan fingerprint density at radius 2 is 2.16 bits per heavy atom. The number of hydrogen-bond acceptors (Lipinski definition) is 2. The SMILES string of the molecule is [B]c1cc(NC(=C)/C(=C\C(=C/C)C2CC2)C(=O)O)cc2ccn(C)c12. The third-order valence-electron chi connectivity index (χ3n) is 4.54. The molecule has 0 amide bonds. The highest BCUT2D eigenvalue weighted by Gasteiger charge is 2.25. The van der Waals surface area contributed by atoms with Crippen LogP contribution in [0.4, 0.5) is 5.69 Å². The monoisotopic (exact) mass is 332 g/mol.